The van der Waals surface area contributed by atoms with Gasteiger partial charge >= 0.3 is 23.9 Å². The van der Waals surface area contributed by atoms with Crippen LogP contribution in [0.1, 0.15) is 134 Å². The number of carbonyl (C=O) groups is 5. The summed E-state index contributed by atoms with van der Waals surface area (Å²) < 4.78 is 36.5. The highest BCUT2D eigenvalue weighted by Gasteiger charge is 2.71. The van der Waals surface area contributed by atoms with Gasteiger partial charge in [-0.25, -0.2) is 0 Å². The van der Waals surface area contributed by atoms with Crippen LogP contribution in [0.25, 0.3) is 0 Å². The van der Waals surface area contributed by atoms with E-state index in [-0.39, 0.29) is 63.6 Å². The van der Waals surface area contributed by atoms with Crippen LogP contribution in [0, 0.1) is 51.2 Å². The van der Waals surface area contributed by atoms with Gasteiger partial charge in [-0.3, -0.25) is 24.0 Å². The van der Waals surface area contributed by atoms with Crippen molar-refractivity contribution in [1.82, 2.24) is 0 Å². The van der Waals surface area contributed by atoms with Gasteiger partial charge in [0.2, 0.25) is 0 Å². The lowest BCUT2D eigenvalue weighted by Gasteiger charge is -2.70. The molecule has 5 rings (SSSR count). The van der Waals surface area contributed by atoms with Crippen LogP contribution < -0.4 is 0 Å². The highest BCUT2D eigenvalue weighted by molar-refractivity contribution is 5.81. The van der Waals surface area contributed by atoms with E-state index in [0.717, 1.165) is 37.7 Å². The monoisotopic (exact) mass is 788 g/mol. The molecule has 1 aliphatic heterocycles. The number of esters is 4. The van der Waals surface area contributed by atoms with Gasteiger partial charge in [0.1, 0.15) is 18.5 Å². The van der Waals surface area contributed by atoms with Gasteiger partial charge in [0.15, 0.2) is 24.6 Å². The van der Waals surface area contributed by atoms with Crippen LogP contribution in [-0.2, 0) is 52.4 Å². The highest BCUT2D eigenvalue weighted by Crippen LogP contribution is 2.76. The SMILES string of the molecule is CC(=O)OC[C@H]1O[C@@H](O[C@@H]2C[C@@H]3[C@@]4(C)CC[C@@H](O)C(C)(C)[C@@H]4CC[C@@]3(C)[C@]3(C)CC[C@H](/C(C)=C\CC(=O)C(C)C)[C@@H]23)[C@H](OC(C)=O)[C@@H](OC(C)=O)[C@@H]1OC(C)=O. The zero-order valence-electron chi connectivity index (χ0n) is 35.8. The molecule has 1 saturated heterocycles. The molecule has 0 amide bonds. The number of hydrogen-bond acceptors (Lipinski definition) is 12. The number of aliphatic hydroxyl groups excluding tert-OH is 1. The average Bonchev–Trinajstić information content (AvgIpc) is 3.46. The molecule has 0 aromatic carbocycles. The van der Waals surface area contributed by atoms with E-state index < -0.39 is 66.8 Å². The maximum Gasteiger partial charge on any atom is 0.303 e. The summed E-state index contributed by atoms with van der Waals surface area (Å²) >= 11 is 0. The summed E-state index contributed by atoms with van der Waals surface area (Å²) in [5.41, 5.74) is 0.467. The number of fused-ring (bicyclic) bond motifs is 5. The van der Waals surface area contributed by atoms with Crippen molar-refractivity contribution in [1.29, 1.82) is 0 Å². The second kappa shape index (κ2) is 16.4. The van der Waals surface area contributed by atoms with Gasteiger partial charge in [0.05, 0.1) is 12.2 Å². The van der Waals surface area contributed by atoms with Crippen LogP contribution in [0.4, 0.5) is 0 Å². The Labute approximate surface area is 333 Å². The first-order chi connectivity index (χ1) is 26.0. The molecule has 14 atom stereocenters. The molecule has 0 aromatic heterocycles. The highest BCUT2D eigenvalue weighted by atomic mass is 16.7. The number of hydrogen-bond donors (Lipinski definition) is 1. The molecule has 1 heterocycles. The Balaban J connectivity index is 1.63. The van der Waals surface area contributed by atoms with Gasteiger partial charge in [-0.1, -0.05) is 60.1 Å². The molecule has 5 aliphatic rings. The predicted octanol–water partition coefficient (Wildman–Crippen LogP) is 6.67. The summed E-state index contributed by atoms with van der Waals surface area (Å²) in [5.74, 6) is -2.02. The molecule has 4 saturated carbocycles. The molecule has 4 aliphatic carbocycles. The Kier molecular flexibility index (Phi) is 13.0. The lowest BCUT2D eigenvalue weighted by Crippen LogP contribution is -2.67. The van der Waals surface area contributed by atoms with E-state index in [1.807, 2.05) is 13.8 Å². The first-order valence-corrected chi connectivity index (χ1v) is 20.8. The summed E-state index contributed by atoms with van der Waals surface area (Å²) in [5, 5.41) is 11.3. The van der Waals surface area contributed by atoms with Gasteiger partial charge in [-0.05, 0) is 97.2 Å². The normalized spacial score (nSPS) is 41.8. The fourth-order valence-corrected chi connectivity index (χ4v) is 12.5. The first-order valence-electron chi connectivity index (χ1n) is 20.8. The van der Waals surface area contributed by atoms with Crippen molar-refractivity contribution in [2.75, 3.05) is 6.61 Å². The molecule has 0 spiro atoms. The van der Waals surface area contributed by atoms with Crippen molar-refractivity contribution in [2.24, 2.45) is 51.2 Å². The summed E-state index contributed by atoms with van der Waals surface area (Å²) in [4.78, 5) is 62.7. The van der Waals surface area contributed by atoms with Gasteiger partial charge < -0.3 is 33.5 Å². The molecule has 12 nitrogen and oxygen atoms in total. The van der Waals surface area contributed by atoms with E-state index in [2.05, 4.69) is 47.6 Å². The smallest absolute Gasteiger partial charge is 0.303 e. The number of carbonyl (C=O) groups excluding carboxylic acids is 5. The minimum atomic E-state index is -1.33. The minimum absolute atomic E-state index is 0.0247. The van der Waals surface area contributed by atoms with Crippen molar-refractivity contribution in [3.8, 4) is 0 Å². The molecular formula is C44H68O12. The van der Waals surface area contributed by atoms with Gasteiger partial charge in [0, 0.05) is 40.0 Å². The van der Waals surface area contributed by atoms with Crippen LogP contribution in [0.3, 0.4) is 0 Å². The third kappa shape index (κ3) is 8.09. The fraction of sp³-hybridized carbons (Fsp3) is 0.841. The Morgan fingerprint density at radius 3 is 1.93 bits per heavy atom. The average molecular weight is 789 g/mol. The van der Waals surface area contributed by atoms with Crippen LogP contribution in [0.15, 0.2) is 11.6 Å². The Morgan fingerprint density at radius 2 is 1.34 bits per heavy atom. The van der Waals surface area contributed by atoms with E-state index in [4.69, 9.17) is 28.4 Å². The van der Waals surface area contributed by atoms with E-state index in [1.165, 1.54) is 27.7 Å². The zero-order valence-corrected chi connectivity index (χ0v) is 35.8. The van der Waals surface area contributed by atoms with Crippen LogP contribution in [-0.4, -0.2) is 84.3 Å². The summed E-state index contributed by atoms with van der Waals surface area (Å²) in [7, 11) is 0. The molecule has 5 fully saturated rings. The van der Waals surface area contributed by atoms with Crippen LogP contribution in [0.5, 0.6) is 0 Å². The minimum Gasteiger partial charge on any atom is -0.463 e. The summed E-state index contributed by atoms with van der Waals surface area (Å²) in [6.45, 7) is 22.2. The second-order valence-electron chi connectivity index (χ2n) is 19.3. The molecule has 0 aromatic rings. The van der Waals surface area contributed by atoms with Gasteiger partial charge in [-0.15, -0.1) is 0 Å². The lowest BCUT2D eigenvalue weighted by molar-refractivity contribution is -0.336. The standard InChI is InChI=1S/C44H68O12/c1-23(2)30(49)14-13-24(3)29-15-19-44(12)36(29)31(21-34-42(10)18-17-35(50)41(8,9)33(42)16-20-43(34,44)11)55-40-39(54-28(7)48)38(53-27(6)47)37(52-26(5)46)32(56-40)22-51-25(4)45/h13,23,29,31-40,50H,14-22H2,1-12H3/b24-13-/t29-,31-,32-,33+,34-,35-,36+,37-,38+,39-,40-,42+,43-,44-/m1/s1. The van der Waals surface area contributed by atoms with Crippen LogP contribution >= 0.6 is 0 Å². The molecule has 12 heteroatoms. The fourth-order valence-electron chi connectivity index (χ4n) is 12.5. The summed E-state index contributed by atoms with van der Waals surface area (Å²) in [6.07, 6.45) is 1.39. The second-order valence-corrected chi connectivity index (χ2v) is 19.3. The number of allylic oxidation sites excluding steroid dienone is 2. The molecule has 1 N–H and O–H groups in total. The van der Waals surface area contributed by atoms with E-state index in [0.29, 0.717) is 19.3 Å². The molecule has 56 heavy (non-hydrogen) atoms. The molecular weight excluding hydrogens is 720 g/mol. The Morgan fingerprint density at radius 1 is 0.750 bits per heavy atom. The number of Topliss-reactive ketones (excluding diaryl/α,β-unsaturated/α-hetero) is 1. The zero-order chi connectivity index (χ0) is 41.7. The summed E-state index contributed by atoms with van der Waals surface area (Å²) in [6, 6.07) is 0. The number of ether oxygens (including phenoxy) is 6. The molecule has 316 valence electrons. The van der Waals surface area contributed by atoms with E-state index in [9.17, 15) is 29.1 Å². The van der Waals surface area contributed by atoms with Crippen molar-refractivity contribution in [3.63, 3.8) is 0 Å². The maximum absolute atomic E-state index is 12.8. The largest absolute Gasteiger partial charge is 0.463 e. The third-order valence-electron chi connectivity index (χ3n) is 15.5. The van der Waals surface area contributed by atoms with Crippen molar-refractivity contribution < 1.29 is 57.5 Å². The quantitative estimate of drug-likeness (QED) is 0.103. The van der Waals surface area contributed by atoms with Crippen molar-refractivity contribution in [2.45, 2.75) is 177 Å². The molecule has 0 bridgehead atoms. The van der Waals surface area contributed by atoms with Gasteiger partial charge in [0.25, 0.3) is 0 Å². The first kappa shape index (κ1) is 44.3. The Bertz CT molecular complexity index is 1550. The predicted molar refractivity (Wildman–Crippen MR) is 205 cm³/mol. The van der Waals surface area contributed by atoms with Crippen molar-refractivity contribution >= 4 is 29.7 Å². The molecule has 0 unspecified atom stereocenters. The number of rotatable bonds is 11. The number of aliphatic hydroxyl groups is 1. The van der Waals surface area contributed by atoms with Crippen molar-refractivity contribution in [3.05, 3.63) is 11.6 Å². The van der Waals surface area contributed by atoms with Gasteiger partial charge in [-0.2, -0.15) is 0 Å². The molecule has 0 radical (unpaired) electrons. The number of ketones is 1. The van der Waals surface area contributed by atoms with E-state index in [1.54, 1.807) is 0 Å². The van der Waals surface area contributed by atoms with E-state index >= 15 is 0 Å². The topological polar surface area (TPSA) is 161 Å². The van der Waals surface area contributed by atoms with Crippen LogP contribution in [0.2, 0.25) is 0 Å². The maximum atomic E-state index is 12.8. The Hall–Kier alpha value is -2.83. The third-order valence-corrected chi connectivity index (χ3v) is 15.5. The lowest BCUT2D eigenvalue weighted by atomic mass is 9.35.